The van der Waals surface area contributed by atoms with E-state index in [0.29, 0.717) is 18.6 Å². The van der Waals surface area contributed by atoms with Gasteiger partial charge in [0.15, 0.2) is 11.6 Å². The molecule has 5 heteroatoms. The lowest BCUT2D eigenvalue weighted by Crippen LogP contribution is -2.34. The Morgan fingerprint density at radius 1 is 0.967 bits per heavy atom. The SMILES string of the molecule is COc1ccc(C(=O)C[C@H](c2ccc(OC)cc2)[C@@H]2COC3(CCCCC3)O2)cc1. The second kappa shape index (κ2) is 9.19. The van der Waals surface area contributed by atoms with Crippen molar-refractivity contribution in [3.63, 3.8) is 0 Å². The number of hydrogen-bond acceptors (Lipinski definition) is 5. The number of rotatable bonds is 7. The third-order valence-electron chi connectivity index (χ3n) is 6.30. The average Bonchev–Trinajstić information content (AvgIpc) is 3.20. The number of hydrogen-bond donors (Lipinski definition) is 0. The number of methoxy groups -OCH3 is 2. The Labute approximate surface area is 178 Å². The number of Topliss-reactive ketones (excluding diaryl/α,β-unsaturated/α-hetero) is 1. The van der Waals surface area contributed by atoms with Crippen molar-refractivity contribution < 1.29 is 23.7 Å². The zero-order valence-corrected chi connectivity index (χ0v) is 17.8. The summed E-state index contributed by atoms with van der Waals surface area (Å²) in [5.74, 6) is 1.09. The fourth-order valence-corrected chi connectivity index (χ4v) is 4.54. The van der Waals surface area contributed by atoms with E-state index in [4.69, 9.17) is 18.9 Å². The monoisotopic (exact) mass is 410 g/mol. The van der Waals surface area contributed by atoms with Crippen molar-refractivity contribution in [3.05, 3.63) is 59.7 Å². The highest BCUT2D eigenvalue weighted by atomic mass is 16.7. The Bertz CT molecular complexity index is 837. The van der Waals surface area contributed by atoms with E-state index in [-0.39, 0.29) is 17.8 Å². The second-order valence-electron chi connectivity index (χ2n) is 8.17. The number of benzene rings is 2. The van der Waals surface area contributed by atoms with Crippen LogP contribution >= 0.6 is 0 Å². The Morgan fingerprint density at radius 3 is 2.17 bits per heavy atom. The number of carbonyl (C=O) groups excluding carboxylic acids is 1. The van der Waals surface area contributed by atoms with Crippen LogP contribution in [-0.4, -0.2) is 38.5 Å². The molecule has 2 fully saturated rings. The maximum absolute atomic E-state index is 13.1. The van der Waals surface area contributed by atoms with Gasteiger partial charge in [0, 0.05) is 30.7 Å². The maximum atomic E-state index is 13.1. The smallest absolute Gasteiger partial charge is 0.168 e. The summed E-state index contributed by atoms with van der Waals surface area (Å²) in [6.45, 7) is 0.520. The van der Waals surface area contributed by atoms with Crippen molar-refractivity contribution in [1.82, 2.24) is 0 Å². The van der Waals surface area contributed by atoms with Crippen LogP contribution in [-0.2, 0) is 9.47 Å². The van der Waals surface area contributed by atoms with Gasteiger partial charge in [0.25, 0.3) is 0 Å². The molecule has 0 aromatic heterocycles. The van der Waals surface area contributed by atoms with Crippen LogP contribution < -0.4 is 9.47 Å². The van der Waals surface area contributed by atoms with Gasteiger partial charge in [-0.05, 0) is 54.8 Å². The van der Waals surface area contributed by atoms with Gasteiger partial charge in [0.05, 0.1) is 26.9 Å². The van der Waals surface area contributed by atoms with Crippen molar-refractivity contribution in [2.24, 2.45) is 0 Å². The largest absolute Gasteiger partial charge is 0.497 e. The lowest BCUT2D eigenvalue weighted by Gasteiger charge is -2.33. The highest BCUT2D eigenvalue weighted by Gasteiger charge is 2.45. The molecule has 1 saturated heterocycles. The van der Waals surface area contributed by atoms with Gasteiger partial charge in [0.2, 0.25) is 0 Å². The predicted molar refractivity (Wildman–Crippen MR) is 114 cm³/mol. The zero-order valence-electron chi connectivity index (χ0n) is 17.8. The molecule has 0 unspecified atom stereocenters. The molecule has 4 rings (SSSR count). The van der Waals surface area contributed by atoms with Gasteiger partial charge in [-0.1, -0.05) is 18.6 Å². The van der Waals surface area contributed by atoms with Crippen LogP contribution in [0.2, 0.25) is 0 Å². The first-order valence-corrected chi connectivity index (χ1v) is 10.8. The third-order valence-corrected chi connectivity index (χ3v) is 6.30. The summed E-state index contributed by atoms with van der Waals surface area (Å²) in [5, 5.41) is 0. The topological polar surface area (TPSA) is 54.0 Å². The fourth-order valence-electron chi connectivity index (χ4n) is 4.54. The average molecular weight is 411 g/mol. The molecule has 1 aliphatic carbocycles. The molecule has 2 aliphatic rings. The van der Waals surface area contributed by atoms with Crippen LogP contribution in [0, 0.1) is 0 Å². The van der Waals surface area contributed by atoms with E-state index in [9.17, 15) is 4.79 Å². The molecule has 1 saturated carbocycles. The zero-order chi connectivity index (χ0) is 21.0. The molecule has 2 aromatic carbocycles. The molecular weight excluding hydrogens is 380 g/mol. The number of ketones is 1. The Hall–Kier alpha value is -2.37. The standard InChI is InChI=1S/C25H30O5/c1-27-20-10-6-18(7-11-20)22(16-23(26)19-8-12-21(28-2)13-9-19)24-17-29-25(30-24)14-4-3-5-15-25/h6-13,22,24H,3-5,14-17H2,1-2H3/t22-,24+/m1/s1. The van der Waals surface area contributed by atoms with Crippen molar-refractivity contribution in [2.45, 2.75) is 56.3 Å². The Balaban J connectivity index is 1.55. The van der Waals surface area contributed by atoms with Gasteiger partial charge in [-0.3, -0.25) is 4.79 Å². The molecule has 0 bridgehead atoms. The highest BCUT2D eigenvalue weighted by molar-refractivity contribution is 5.96. The van der Waals surface area contributed by atoms with Gasteiger partial charge in [-0.15, -0.1) is 0 Å². The van der Waals surface area contributed by atoms with Crippen molar-refractivity contribution in [3.8, 4) is 11.5 Å². The summed E-state index contributed by atoms with van der Waals surface area (Å²) < 4.78 is 23.2. The van der Waals surface area contributed by atoms with Gasteiger partial charge < -0.3 is 18.9 Å². The predicted octanol–water partition coefficient (Wildman–Crippen LogP) is 5.14. The second-order valence-corrected chi connectivity index (χ2v) is 8.17. The van der Waals surface area contributed by atoms with Crippen LogP contribution in [0.3, 0.4) is 0 Å². The van der Waals surface area contributed by atoms with E-state index in [1.54, 1.807) is 14.2 Å². The van der Waals surface area contributed by atoms with E-state index in [1.807, 2.05) is 48.5 Å². The normalized spacial score (nSPS) is 21.3. The molecular formula is C25H30O5. The van der Waals surface area contributed by atoms with Crippen LogP contribution in [0.15, 0.2) is 48.5 Å². The van der Waals surface area contributed by atoms with Crippen LogP contribution in [0.5, 0.6) is 11.5 Å². The molecule has 1 heterocycles. The Morgan fingerprint density at radius 2 is 1.57 bits per heavy atom. The lowest BCUT2D eigenvalue weighted by atomic mass is 9.87. The van der Waals surface area contributed by atoms with Gasteiger partial charge in [-0.2, -0.15) is 0 Å². The van der Waals surface area contributed by atoms with E-state index >= 15 is 0 Å². The van der Waals surface area contributed by atoms with Gasteiger partial charge in [0.1, 0.15) is 11.5 Å². The molecule has 5 nitrogen and oxygen atoms in total. The Kier molecular flexibility index (Phi) is 6.40. The lowest BCUT2D eigenvalue weighted by molar-refractivity contribution is -0.188. The molecule has 2 atom stereocenters. The highest BCUT2D eigenvalue weighted by Crippen LogP contribution is 2.42. The van der Waals surface area contributed by atoms with E-state index in [1.165, 1.54) is 6.42 Å². The van der Waals surface area contributed by atoms with Gasteiger partial charge >= 0.3 is 0 Å². The summed E-state index contributed by atoms with van der Waals surface area (Å²) in [6, 6.07) is 15.2. The minimum Gasteiger partial charge on any atom is -0.497 e. The van der Waals surface area contributed by atoms with Crippen LogP contribution in [0.25, 0.3) is 0 Å². The summed E-state index contributed by atoms with van der Waals surface area (Å²) in [4.78, 5) is 13.1. The van der Waals surface area contributed by atoms with Crippen molar-refractivity contribution >= 4 is 5.78 Å². The molecule has 0 radical (unpaired) electrons. The van der Waals surface area contributed by atoms with Crippen molar-refractivity contribution in [1.29, 1.82) is 0 Å². The minimum absolute atomic E-state index is 0.0770. The van der Waals surface area contributed by atoms with E-state index in [2.05, 4.69) is 0 Å². The first kappa shape index (κ1) is 20.9. The molecule has 0 N–H and O–H groups in total. The van der Waals surface area contributed by atoms with E-state index < -0.39 is 5.79 Å². The summed E-state index contributed by atoms with van der Waals surface area (Å²) in [5.41, 5.74) is 1.75. The minimum atomic E-state index is -0.462. The fraction of sp³-hybridized carbons (Fsp3) is 0.480. The first-order chi connectivity index (χ1) is 14.6. The molecule has 1 aliphatic heterocycles. The molecule has 0 amide bonds. The number of ether oxygens (including phenoxy) is 4. The summed E-state index contributed by atoms with van der Waals surface area (Å²) in [6.07, 6.45) is 5.59. The third kappa shape index (κ3) is 4.52. The summed E-state index contributed by atoms with van der Waals surface area (Å²) in [7, 11) is 3.27. The molecule has 2 aromatic rings. The quantitative estimate of drug-likeness (QED) is 0.592. The van der Waals surface area contributed by atoms with Gasteiger partial charge in [-0.25, -0.2) is 0 Å². The maximum Gasteiger partial charge on any atom is 0.168 e. The molecule has 160 valence electrons. The molecule has 1 spiro atoms. The van der Waals surface area contributed by atoms with Crippen LogP contribution in [0.4, 0.5) is 0 Å². The van der Waals surface area contributed by atoms with Crippen molar-refractivity contribution in [2.75, 3.05) is 20.8 Å². The molecule has 30 heavy (non-hydrogen) atoms. The van der Waals surface area contributed by atoms with Crippen LogP contribution in [0.1, 0.15) is 60.4 Å². The first-order valence-electron chi connectivity index (χ1n) is 10.8. The number of carbonyl (C=O) groups is 1. The van der Waals surface area contributed by atoms with E-state index in [0.717, 1.165) is 42.7 Å². The summed E-state index contributed by atoms with van der Waals surface area (Å²) >= 11 is 0.